The average molecular weight is 344 g/mol. The van der Waals surface area contributed by atoms with Crippen LogP contribution in [0.15, 0.2) is 42.0 Å². The number of aromatic nitrogens is 3. The van der Waals surface area contributed by atoms with Crippen molar-refractivity contribution in [2.75, 3.05) is 7.11 Å². The van der Waals surface area contributed by atoms with Gasteiger partial charge in [0.25, 0.3) is 5.69 Å². The Kier molecular flexibility index (Phi) is 4.62. The number of ether oxygens (including phenoxy) is 2. The fourth-order valence-corrected chi connectivity index (χ4v) is 2.68. The van der Waals surface area contributed by atoms with Crippen molar-refractivity contribution >= 4 is 17.0 Å². The summed E-state index contributed by atoms with van der Waals surface area (Å²) in [6.07, 6.45) is 3.29. The maximum absolute atomic E-state index is 10.9. The van der Waals surface area contributed by atoms with Gasteiger partial charge in [-0.2, -0.15) is 0 Å². The zero-order valence-electron chi connectivity index (χ0n) is 12.6. The molecule has 0 aliphatic rings. The summed E-state index contributed by atoms with van der Waals surface area (Å²) >= 11 is 1.40. The van der Waals surface area contributed by atoms with Gasteiger partial charge in [0.15, 0.2) is 22.3 Å². The lowest BCUT2D eigenvalue weighted by molar-refractivity contribution is -0.385. The molecule has 0 amide bonds. The quantitative estimate of drug-likeness (QED) is 0.500. The standard InChI is InChI=1S/C15H12N4O4S/c1-22-12-4-3-11(19(20)21)7-13(12)23-8-10-9-24-15(18-10)14-16-5-2-6-17-14/h2-7,9H,8H2,1H3. The third-order valence-corrected chi connectivity index (χ3v) is 3.93. The molecular weight excluding hydrogens is 332 g/mol. The monoisotopic (exact) mass is 344 g/mol. The molecular formula is C15H12N4O4S. The number of methoxy groups -OCH3 is 1. The molecule has 0 N–H and O–H groups in total. The highest BCUT2D eigenvalue weighted by Gasteiger charge is 2.14. The van der Waals surface area contributed by atoms with Crippen LogP contribution in [0, 0.1) is 10.1 Å². The molecule has 0 bridgehead atoms. The van der Waals surface area contributed by atoms with Crippen LogP contribution in [0.1, 0.15) is 5.69 Å². The Balaban J connectivity index is 1.75. The van der Waals surface area contributed by atoms with Crippen LogP contribution in [-0.2, 0) is 6.61 Å². The number of nitro groups is 1. The minimum absolute atomic E-state index is 0.0672. The SMILES string of the molecule is COc1ccc([N+](=O)[O-])cc1OCc1csc(-c2ncccn2)n1. The molecule has 3 rings (SSSR count). The number of benzene rings is 1. The molecule has 0 saturated heterocycles. The summed E-state index contributed by atoms with van der Waals surface area (Å²) in [5.74, 6) is 1.25. The Labute approximate surface area is 140 Å². The van der Waals surface area contributed by atoms with Gasteiger partial charge in [0, 0.05) is 23.8 Å². The third-order valence-electron chi connectivity index (χ3n) is 3.04. The normalized spacial score (nSPS) is 10.4. The zero-order chi connectivity index (χ0) is 16.9. The fraction of sp³-hybridized carbons (Fsp3) is 0.133. The molecule has 0 fully saturated rings. The van der Waals surface area contributed by atoms with Gasteiger partial charge in [-0.05, 0) is 12.1 Å². The first-order valence-electron chi connectivity index (χ1n) is 6.84. The highest BCUT2D eigenvalue weighted by molar-refractivity contribution is 7.13. The molecule has 8 nitrogen and oxygen atoms in total. The number of non-ortho nitro benzene ring substituents is 1. The number of thiazole rings is 1. The van der Waals surface area contributed by atoms with Crippen LogP contribution in [0.2, 0.25) is 0 Å². The van der Waals surface area contributed by atoms with E-state index in [1.807, 2.05) is 5.38 Å². The summed E-state index contributed by atoms with van der Waals surface area (Å²) in [4.78, 5) is 23.1. The molecule has 2 heterocycles. The highest BCUT2D eigenvalue weighted by Crippen LogP contribution is 2.32. The van der Waals surface area contributed by atoms with Gasteiger partial charge in [-0.15, -0.1) is 11.3 Å². The number of nitro benzene ring substituents is 1. The molecule has 0 aliphatic carbocycles. The molecule has 122 valence electrons. The van der Waals surface area contributed by atoms with E-state index in [0.29, 0.717) is 22.3 Å². The molecule has 1 aromatic carbocycles. The first kappa shape index (κ1) is 15.8. The van der Waals surface area contributed by atoms with Crippen molar-refractivity contribution in [1.29, 1.82) is 0 Å². The highest BCUT2D eigenvalue weighted by atomic mass is 32.1. The van der Waals surface area contributed by atoms with E-state index in [-0.39, 0.29) is 18.0 Å². The summed E-state index contributed by atoms with van der Waals surface area (Å²) in [5.41, 5.74) is 0.610. The van der Waals surface area contributed by atoms with Crippen molar-refractivity contribution < 1.29 is 14.4 Å². The summed E-state index contributed by atoms with van der Waals surface area (Å²) in [5, 5.41) is 13.4. The number of rotatable bonds is 6. The molecule has 0 aliphatic heterocycles. The van der Waals surface area contributed by atoms with Gasteiger partial charge < -0.3 is 9.47 Å². The number of nitrogens with zero attached hydrogens (tertiary/aromatic N) is 4. The Hall–Kier alpha value is -3.07. The smallest absolute Gasteiger partial charge is 0.273 e. The molecule has 24 heavy (non-hydrogen) atoms. The van der Waals surface area contributed by atoms with E-state index in [1.165, 1.54) is 36.6 Å². The second-order valence-corrected chi connectivity index (χ2v) is 5.46. The van der Waals surface area contributed by atoms with Crippen molar-refractivity contribution in [2.45, 2.75) is 6.61 Å². The summed E-state index contributed by atoms with van der Waals surface area (Å²) in [6.45, 7) is 0.154. The Morgan fingerprint density at radius 2 is 2.04 bits per heavy atom. The van der Waals surface area contributed by atoms with Crippen LogP contribution in [0.4, 0.5) is 5.69 Å². The van der Waals surface area contributed by atoms with Crippen LogP contribution >= 0.6 is 11.3 Å². The van der Waals surface area contributed by atoms with E-state index in [2.05, 4.69) is 15.0 Å². The van der Waals surface area contributed by atoms with E-state index in [4.69, 9.17) is 9.47 Å². The minimum atomic E-state index is -0.486. The van der Waals surface area contributed by atoms with E-state index >= 15 is 0 Å². The van der Waals surface area contributed by atoms with Gasteiger partial charge in [0.1, 0.15) is 6.61 Å². The summed E-state index contributed by atoms with van der Waals surface area (Å²) < 4.78 is 10.8. The van der Waals surface area contributed by atoms with Crippen molar-refractivity contribution in [3.63, 3.8) is 0 Å². The van der Waals surface area contributed by atoms with Gasteiger partial charge in [-0.25, -0.2) is 15.0 Å². The van der Waals surface area contributed by atoms with Crippen LogP contribution in [0.5, 0.6) is 11.5 Å². The van der Waals surface area contributed by atoms with Crippen LogP contribution in [0.25, 0.3) is 10.8 Å². The Morgan fingerprint density at radius 1 is 1.25 bits per heavy atom. The third kappa shape index (κ3) is 3.46. The number of hydrogen-bond acceptors (Lipinski definition) is 8. The molecule has 0 unspecified atom stereocenters. The first-order valence-corrected chi connectivity index (χ1v) is 7.72. The van der Waals surface area contributed by atoms with Gasteiger partial charge in [-0.3, -0.25) is 10.1 Å². The molecule has 0 saturated carbocycles. The van der Waals surface area contributed by atoms with Crippen molar-refractivity contribution in [3.8, 4) is 22.3 Å². The topological polar surface area (TPSA) is 100 Å². The minimum Gasteiger partial charge on any atom is -0.493 e. The molecule has 3 aromatic rings. The second-order valence-electron chi connectivity index (χ2n) is 4.60. The number of hydrogen-bond donors (Lipinski definition) is 0. The van der Waals surface area contributed by atoms with E-state index in [0.717, 1.165) is 0 Å². The average Bonchev–Trinajstić information content (AvgIpc) is 3.09. The van der Waals surface area contributed by atoms with Crippen LogP contribution < -0.4 is 9.47 Å². The maximum atomic E-state index is 10.9. The van der Waals surface area contributed by atoms with Crippen molar-refractivity contribution in [3.05, 3.63) is 57.8 Å². The summed E-state index contributed by atoms with van der Waals surface area (Å²) in [7, 11) is 1.47. The largest absolute Gasteiger partial charge is 0.493 e. The first-order chi connectivity index (χ1) is 11.7. The lowest BCUT2D eigenvalue weighted by Gasteiger charge is -2.09. The van der Waals surface area contributed by atoms with E-state index in [9.17, 15) is 10.1 Å². The maximum Gasteiger partial charge on any atom is 0.273 e. The van der Waals surface area contributed by atoms with Crippen molar-refractivity contribution in [2.24, 2.45) is 0 Å². The fourth-order valence-electron chi connectivity index (χ4n) is 1.93. The van der Waals surface area contributed by atoms with Gasteiger partial charge in [0.2, 0.25) is 0 Å². The molecule has 2 aromatic heterocycles. The van der Waals surface area contributed by atoms with Gasteiger partial charge in [0.05, 0.1) is 23.8 Å². The van der Waals surface area contributed by atoms with Crippen LogP contribution in [-0.4, -0.2) is 27.0 Å². The molecule has 0 atom stereocenters. The predicted molar refractivity (Wildman–Crippen MR) is 87.1 cm³/mol. The van der Waals surface area contributed by atoms with E-state index < -0.39 is 4.92 Å². The van der Waals surface area contributed by atoms with Gasteiger partial charge >= 0.3 is 0 Å². The van der Waals surface area contributed by atoms with Crippen molar-refractivity contribution in [1.82, 2.24) is 15.0 Å². The lowest BCUT2D eigenvalue weighted by Crippen LogP contribution is -1.99. The second kappa shape index (κ2) is 7.01. The predicted octanol–water partition coefficient (Wildman–Crippen LogP) is 3.10. The Bertz CT molecular complexity index is 854. The zero-order valence-corrected chi connectivity index (χ0v) is 13.4. The molecule has 0 spiro atoms. The molecule has 0 radical (unpaired) electrons. The Morgan fingerprint density at radius 3 is 2.75 bits per heavy atom. The lowest BCUT2D eigenvalue weighted by atomic mass is 10.3. The van der Waals surface area contributed by atoms with E-state index in [1.54, 1.807) is 18.5 Å². The molecule has 9 heteroatoms. The summed E-state index contributed by atoms with van der Waals surface area (Å²) in [6, 6.07) is 5.92. The van der Waals surface area contributed by atoms with Gasteiger partial charge in [-0.1, -0.05) is 0 Å². The van der Waals surface area contributed by atoms with Crippen LogP contribution in [0.3, 0.4) is 0 Å².